The van der Waals surface area contributed by atoms with Gasteiger partial charge in [0.1, 0.15) is 0 Å². The molecule has 0 fully saturated rings. The molecule has 0 heterocycles. The van der Waals surface area contributed by atoms with Gasteiger partial charge < -0.3 is 20.4 Å². The highest BCUT2D eigenvalue weighted by Gasteiger charge is 2.33. The maximum absolute atomic E-state index is 10.4. The number of carboxylic acid groups (broad SMARTS) is 2. The summed E-state index contributed by atoms with van der Waals surface area (Å²) in [5.41, 5.74) is -2.87. The molecule has 0 aliphatic heterocycles. The lowest BCUT2D eigenvalue weighted by atomic mass is 10.0. The Morgan fingerprint density at radius 1 is 1.38 bits per heavy atom. The molecule has 1 atom stereocenters. The molecule has 0 saturated carbocycles. The summed E-state index contributed by atoms with van der Waals surface area (Å²) in [5, 5.41) is 34.4. The molecule has 0 spiro atoms. The largest absolute Gasteiger partial charge is 0.479 e. The summed E-state index contributed by atoms with van der Waals surface area (Å²) in [7, 11) is 0. The molecule has 74 valence electrons. The number of carboxylic acids is 2. The highest BCUT2D eigenvalue weighted by atomic mass is 16.4. The van der Waals surface area contributed by atoms with E-state index in [1.54, 1.807) is 0 Å². The number of hydrogen-bond donors (Lipinski definition) is 4. The van der Waals surface area contributed by atoms with Crippen LogP contribution in [0.5, 0.6) is 0 Å². The van der Waals surface area contributed by atoms with Crippen LogP contribution in [0.15, 0.2) is 11.6 Å². The van der Waals surface area contributed by atoms with E-state index in [9.17, 15) is 9.59 Å². The average molecular weight is 190 g/mol. The van der Waals surface area contributed by atoms with Crippen LogP contribution in [0.1, 0.15) is 6.92 Å². The van der Waals surface area contributed by atoms with Gasteiger partial charge in [0.05, 0.1) is 6.61 Å². The van der Waals surface area contributed by atoms with E-state index in [0.29, 0.717) is 6.08 Å². The molecule has 13 heavy (non-hydrogen) atoms. The normalized spacial score (nSPS) is 16.4. The van der Waals surface area contributed by atoms with E-state index < -0.39 is 24.1 Å². The molecule has 6 heteroatoms. The molecule has 0 bridgehead atoms. The van der Waals surface area contributed by atoms with Crippen molar-refractivity contribution in [1.29, 1.82) is 0 Å². The lowest BCUT2D eigenvalue weighted by molar-refractivity contribution is -0.156. The summed E-state index contributed by atoms with van der Waals surface area (Å²) in [6, 6.07) is 0. The molecule has 0 rings (SSSR count). The zero-order chi connectivity index (χ0) is 10.6. The molecule has 0 aliphatic rings. The second-order valence-corrected chi connectivity index (χ2v) is 2.52. The molecule has 0 aromatic rings. The van der Waals surface area contributed by atoms with Gasteiger partial charge in [-0.15, -0.1) is 0 Å². The van der Waals surface area contributed by atoms with Gasteiger partial charge >= 0.3 is 11.9 Å². The Morgan fingerprint density at radius 3 is 2.08 bits per heavy atom. The fraction of sp³-hybridized carbons (Fsp3) is 0.429. The maximum atomic E-state index is 10.4. The quantitative estimate of drug-likeness (QED) is 0.415. The first-order valence-electron chi connectivity index (χ1n) is 3.33. The first-order chi connectivity index (χ1) is 5.83. The van der Waals surface area contributed by atoms with Crippen molar-refractivity contribution in [2.24, 2.45) is 0 Å². The molecule has 0 aromatic carbocycles. The van der Waals surface area contributed by atoms with Gasteiger partial charge in [0.15, 0.2) is 0 Å². The maximum Gasteiger partial charge on any atom is 0.342 e. The van der Waals surface area contributed by atoms with Crippen molar-refractivity contribution in [3.63, 3.8) is 0 Å². The number of aliphatic hydroxyl groups is 2. The van der Waals surface area contributed by atoms with Crippen LogP contribution in [0.2, 0.25) is 0 Å². The van der Waals surface area contributed by atoms with E-state index in [2.05, 4.69) is 0 Å². The Kier molecular flexibility index (Phi) is 3.58. The van der Waals surface area contributed by atoms with Crippen LogP contribution in [-0.4, -0.2) is 44.6 Å². The van der Waals surface area contributed by atoms with E-state index in [-0.39, 0.29) is 5.57 Å². The zero-order valence-corrected chi connectivity index (χ0v) is 6.89. The Balaban J connectivity index is 4.91. The summed E-state index contributed by atoms with van der Waals surface area (Å²) in [6.07, 6.45) is 0.581. The number of carbonyl (C=O) groups is 2. The Labute approximate surface area is 73.7 Å². The highest BCUT2D eigenvalue weighted by Crippen LogP contribution is 2.09. The van der Waals surface area contributed by atoms with E-state index in [0.717, 1.165) is 6.92 Å². The molecular formula is C7H10O6. The standard InChI is InChI=1S/C7H10O6/c1-4(5(9)10)2-7(13,3-8)6(11)12/h2,8,13H,3H2,1H3,(H,9,10)(H,11,12). The van der Waals surface area contributed by atoms with Crippen LogP contribution in [0, 0.1) is 0 Å². The van der Waals surface area contributed by atoms with Gasteiger partial charge in [0.25, 0.3) is 0 Å². The third-order valence-electron chi connectivity index (χ3n) is 1.40. The molecule has 0 amide bonds. The van der Waals surface area contributed by atoms with Gasteiger partial charge in [-0.3, -0.25) is 0 Å². The third kappa shape index (κ3) is 2.85. The van der Waals surface area contributed by atoms with E-state index >= 15 is 0 Å². The van der Waals surface area contributed by atoms with Crippen molar-refractivity contribution < 1.29 is 30.0 Å². The predicted octanol–water partition coefficient (Wildman–Crippen LogP) is -1.17. The van der Waals surface area contributed by atoms with E-state index in [1.807, 2.05) is 0 Å². The van der Waals surface area contributed by atoms with Crippen molar-refractivity contribution in [2.75, 3.05) is 6.61 Å². The molecule has 0 aromatic heterocycles. The fourth-order valence-electron chi connectivity index (χ4n) is 0.595. The summed E-state index contributed by atoms with van der Waals surface area (Å²) >= 11 is 0. The zero-order valence-electron chi connectivity index (χ0n) is 6.89. The summed E-state index contributed by atoms with van der Waals surface area (Å²) in [5.74, 6) is -3.05. The van der Waals surface area contributed by atoms with Crippen molar-refractivity contribution in [3.8, 4) is 0 Å². The van der Waals surface area contributed by atoms with Gasteiger partial charge in [0.2, 0.25) is 5.60 Å². The van der Waals surface area contributed by atoms with Crippen LogP contribution < -0.4 is 0 Å². The van der Waals surface area contributed by atoms with E-state index in [1.165, 1.54) is 0 Å². The van der Waals surface area contributed by atoms with Gasteiger partial charge in [0, 0.05) is 5.57 Å². The monoisotopic (exact) mass is 190 g/mol. The predicted molar refractivity (Wildman–Crippen MR) is 41.1 cm³/mol. The molecule has 6 nitrogen and oxygen atoms in total. The fourth-order valence-corrected chi connectivity index (χ4v) is 0.595. The molecule has 1 unspecified atom stereocenters. The molecule has 0 saturated heterocycles. The van der Waals surface area contributed by atoms with Crippen molar-refractivity contribution in [3.05, 3.63) is 11.6 Å². The molecule has 0 aliphatic carbocycles. The minimum Gasteiger partial charge on any atom is -0.479 e. The number of aliphatic carboxylic acids is 2. The Hall–Kier alpha value is -1.40. The smallest absolute Gasteiger partial charge is 0.342 e. The number of aliphatic hydroxyl groups excluding tert-OH is 1. The molecule has 0 radical (unpaired) electrons. The highest BCUT2D eigenvalue weighted by molar-refractivity contribution is 5.89. The number of hydrogen-bond acceptors (Lipinski definition) is 4. The van der Waals surface area contributed by atoms with Crippen LogP contribution in [0.3, 0.4) is 0 Å². The average Bonchev–Trinajstić information content (AvgIpc) is 2.03. The van der Waals surface area contributed by atoms with E-state index in [4.69, 9.17) is 20.4 Å². The van der Waals surface area contributed by atoms with Crippen LogP contribution in [-0.2, 0) is 9.59 Å². The first-order valence-corrected chi connectivity index (χ1v) is 3.33. The van der Waals surface area contributed by atoms with Crippen LogP contribution >= 0.6 is 0 Å². The topological polar surface area (TPSA) is 115 Å². The van der Waals surface area contributed by atoms with Crippen molar-refractivity contribution in [2.45, 2.75) is 12.5 Å². The van der Waals surface area contributed by atoms with Crippen molar-refractivity contribution >= 4 is 11.9 Å². The Morgan fingerprint density at radius 2 is 1.85 bits per heavy atom. The summed E-state index contributed by atoms with van der Waals surface area (Å²) < 4.78 is 0. The summed E-state index contributed by atoms with van der Waals surface area (Å²) in [6.45, 7) is 0.0405. The van der Waals surface area contributed by atoms with Gasteiger partial charge in [-0.1, -0.05) is 0 Å². The van der Waals surface area contributed by atoms with Gasteiger partial charge in [-0.2, -0.15) is 0 Å². The van der Waals surface area contributed by atoms with Crippen LogP contribution in [0.25, 0.3) is 0 Å². The molecular weight excluding hydrogens is 180 g/mol. The lowest BCUT2D eigenvalue weighted by Crippen LogP contribution is -2.40. The number of rotatable bonds is 4. The van der Waals surface area contributed by atoms with Crippen molar-refractivity contribution in [1.82, 2.24) is 0 Å². The second-order valence-electron chi connectivity index (χ2n) is 2.52. The first kappa shape index (κ1) is 11.6. The minimum atomic E-state index is -2.53. The minimum absolute atomic E-state index is 0.348. The van der Waals surface area contributed by atoms with Crippen LogP contribution in [0.4, 0.5) is 0 Å². The van der Waals surface area contributed by atoms with Gasteiger partial charge in [-0.05, 0) is 13.0 Å². The van der Waals surface area contributed by atoms with Gasteiger partial charge in [-0.25, -0.2) is 9.59 Å². The summed E-state index contributed by atoms with van der Waals surface area (Å²) in [4.78, 5) is 20.6. The lowest BCUT2D eigenvalue weighted by Gasteiger charge is -2.16. The Bertz CT molecular complexity index is 256. The second kappa shape index (κ2) is 4.01. The third-order valence-corrected chi connectivity index (χ3v) is 1.40. The SMILES string of the molecule is CC(=CC(O)(CO)C(=O)O)C(=O)O. The molecule has 4 N–H and O–H groups in total.